The monoisotopic (exact) mass is 508 g/mol. The fraction of sp³-hybridized carbons (Fsp3) is 0.286. The Hall–Kier alpha value is -4.46. The first-order valence-corrected chi connectivity index (χ1v) is 12.5. The Kier molecular flexibility index (Phi) is 6.37. The molecule has 38 heavy (non-hydrogen) atoms. The number of hydrogen-bond donors (Lipinski definition) is 2. The maximum absolute atomic E-state index is 9.19. The van der Waals surface area contributed by atoms with Crippen molar-refractivity contribution in [1.29, 1.82) is 5.26 Å². The van der Waals surface area contributed by atoms with Crippen LogP contribution in [0.4, 0.5) is 0 Å². The van der Waals surface area contributed by atoms with Gasteiger partial charge in [0, 0.05) is 49.0 Å². The molecule has 0 aliphatic carbocycles. The van der Waals surface area contributed by atoms with Gasteiger partial charge in [-0.25, -0.2) is 0 Å². The van der Waals surface area contributed by atoms with Crippen molar-refractivity contribution in [3.05, 3.63) is 65.5 Å². The van der Waals surface area contributed by atoms with E-state index in [9.17, 15) is 5.26 Å². The lowest BCUT2D eigenvalue weighted by Gasteiger charge is -2.34. The lowest BCUT2D eigenvalue weighted by Crippen LogP contribution is -2.45. The number of piperazine rings is 1. The van der Waals surface area contributed by atoms with Crippen LogP contribution in [0.2, 0.25) is 0 Å². The zero-order chi connectivity index (χ0) is 26.1. The number of nitriles is 1. The van der Waals surface area contributed by atoms with E-state index in [0.717, 1.165) is 60.5 Å². The van der Waals surface area contributed by atoms with Crippen LogP contribution in [0.15, 0.2) is 48.5 Å². The summed E-state index contributed by atoms with van der Waals surface area (Å²) in [6.07, 6.45) is 0. The molecule has 5 aromatic rings. The molecule has 2 N–H and O–H groups in total. The molecule has 192 valence electrons. The highest BCUT2D eigenvalue weighted by Gasteiger charge is 2.20. The van der Waals surface area contributed by atoms with Crippen LogP contribution in [0.1, 0.15) is 17.0 Å². The van der Waals surface area contributed by atoms with E-state index >= 15 is 0 Å². The Morgan fingerprint density at radius 3 is 2.32 bits per heavy atom. The minimum atomic E-state index is 0.513. The molecule has 1 aliphatic rings. The Balaban J connectivity index is 1.15. The Morgan fingerprint density at radius 2 is 1.61 bits per heavy atom. The first-order chi connectivity index (χ1) is 18.6. The summed E-state index contributed by atoms with van der Waals surface area (Å²) in [5, 5.41) is 19.0. The molecule has 4 heterocycles. The number of aromatic amines is 2. The minimum Gasteiger partial charge on any atom is -0.481 e. The summed E-state index contributed by atoms with van der Waals surface area (Å²) in [5.41, 5.74) is 5.66. The summed E-state index contributed by atoms with van der Waals surface area (Å²) in [4.78, 5) is 17.3. The Bertz CT molecular complexity index is 1620. The van der Waals surface area contributed by atoms with Crippen LogP contribution < -0.4 is 9.47 Å². The van der Waals surface area contributed by atoms with Crippen molar-refractivity contribution < 1.29 is 9.47 Å². The average molecular weight is 509 g/mol. The largest absolute Gasteiger partial charge is 0.481 e. The lowest BCUT2D eigenvalue weighted by molar-refractivity contribution is 0.119. The molecule has 2 aromatic carbocycles. The Morgan fingerprint density at radius 1 is 0.868 bits per heavy atom. The number of aromatic nitrogens is 5. The molecule has 1 aliphatic heterocycles. The number of H-pyrrole nitrogens is 2. The molecule has 0 radical (unpaired) electrons. The average Bonchev–Trinajstić information content (AvgIpc) is 3.58. The van der Waals surface area contributed by atoms with E-state index in [1.165, 1.54) is 10.9 Å². The molecule has 0 spiro atoms. The predicted octanol–water partition coefficient (Wildman–Crippen LogP) is 3.71. The lowest BCUT2D eigenvalue weighted by atomic mass is 10.1. The zero-order valence-electron chi connectivity index (χ0n) is 21.4. The van der Waals surface area contributed by atoms with Crippen LogP contribution >= 0.6 is 0 Å². The van der Waals surface area contributed by atoms with Gasteiger partial charge in [-0.3, -0.25) is 14.9 Å². The molecule has 6 rings (SSSR count). The second kappa shape index (κ2) is 10.1. The summed E-state index contributed by atoms with van der Waals surface area (Å²) >= 11 is 0. The van der Waals surface area contributed by atoms with Gasteiger partial charge in [0.15, 0.2) is 0 Å². The standard InChI is InChI=1S/C28H28N8O2/c1-37-26-14-27(38-2)32-25(31-26)17-36-10-8-35(9-11-36)16-19-4-3-5-22-21(19)13-24(30-22)28-20-7-6-18(15-29)12-23(20)33-34-28/h3-7,12-14,30H,8-11,16-17H2,1-2H3,(H,33,34). The van der Waals surface area contributed by atoms with Crippen molar-refractivity contribution in [2.45, 2.75) is 13.1 Å². The first-order valence-electron chi connectivity index (χ1n) is 12.5. The maximum Gasteiger partial charge on any atom is 0.220 e. The summed E-state index contributed by atoms with van der Waals surface area (Å²) in [5.74, 6) is 1.73. The van der Waals surface area contributed by atoms with Crippen LogP contribution in [0.3, 0.4) is 0 Å². The zero-order valence-corrected chi connectivity index (χ0v) is 21.4. The number of ether oxygens (including phenoxy) is 2. The summed E-state index contributed by atoms with van der Waals surface area (Å²) in [6.45, 7) is 5.31. The molecule has 1 saturated heterocycles. The third-order valence-electron chi connectivity index (χ3n) is 7.07. The van der Waals surface area contributed by atoms with Crippen molar-refractivity contribution in [2.75, 3.05) is 40.4 Å². The van der Waals surface area contributed by atoms with Crippen molar-refractivity contribution in [2.24, 2.45) is 0 Å². The quantitative estimate of drug-likeness (QED) is 0.342. The van der Waals surface area contributed by atoms with Gasteiger partial charge < -0.3 is 14.5 Å². The highest BCUT2D eigenvalue weighted by Crippen LogP contribution is 2.31. The van der Waals surface area contributed by atoms with Gasteiger partial charge in [0.2, 0.25) is 11.8 Å². The number of methoxy groups -OCH3 is 2. The van der Waals surface area contributed by atoms with E-state index in [1.54, 1.807) is 20.3 Å². The normalized spacial score (nSPS) is 14.7. The third-order valence-corrected chi connectivity index (χ3v) is 7.07. The molecule has 0 unspecified atom stereocenters. The molecule has 1 fully saturated rings. The second-order valence-electron chi connectivity index (χ2n) is 9.43. The number of nitrogens with one attached hydrogen (secondary N) is 2. The van der Waals surface area contributed by atoms with Crippen LogP contribution in [0.25, 0.3) is 33.2 Å². The summed E-state index contributed by atoms with van der Waals surface area (Å²) in [6, 6.07) is 18.1. The third kappa shape index (κ3) is 4.65. The molecular weight excluding hydrogens is 480 g/mol. The van der Waals surface area contributed by atoms with Gasteiger partial charge in [0.25, 0.3) is 0 Å². The van der Waals surface area contributed by atoms with Crippen molar-refractivity contribution in [3.8, 4) is 29.2 Å². The van der Waals surface area contributed by atoms with Crippen LogP contribution in [-0.2, 0) is 13.1 Å². The van der Waals surface area contributed by atoms with Gasteiger partial charge in [-0.2, -0.15) is 20.3 Å². The topological polar surface area (TPSA) is 119 Å². The molecule has 0 bridgehead atoms. The maximum atomic E-state index is 9.19. The molecule has 10 heteroatoms. The van der Waals surface area contributed by atoms with E-state index in [1.807, 2.05) is 18.2 Å². The SMILES string of the molecule is COc1cc(OC)nc(CN2CCN(Cc3cccc4[nH]c(-c5n[nH]c6cc(C#N)ccc56)cc34)CC2)n1. The van der Waals surface area contributed by atoms with E-state index in [4.69, 9.17) is 9.47 Å². The number of benzene rings is 2. The van der Waals surface area contributed by atoms with Gasteiger partial charge in [0.05, 0.1) is 49.7 Å². The van der Waals surface area contributed by atoms with Gasteiger partial charge in [0.1, 0.15) is 11.5 Å². The van der Waals surface area contributed by atoms with Gasteiger partial charge >= 0.3 is 0 Å². The van der Waals surface area contributed by atoms with Crippen molar-refractivity contribution >= 4 is 21.8 Å². The van der Waals surface area contributed by atoms with Gasteiger partial charge in [-0.1, -0.05) is 12.1 Å². The summed E-state index contributed by atoms with van der Waals surface area (Å²) < 4.78 is 10.6. The highest BCUT2D eigenvalue weighted by molar-refractivity contribution is 5.96. The summed E-state index contributed by atoms with van der Waals surface area (Å²) in [7, 11) is 3.20. The fourth-order valence-corrected chi connectivity index (χ4v) is 5.05. The molecule has 10 nitrogen and oxygen atoms in total. The van der Waals surface area contributed by atoms with Crippen LogP contribution in [0, 0.1) is 11.3 Å². The number of nitrogens with zero attached hydrogens (tertiary/aromatic N) is 6. The molecule has 0 amide bonds. The van der Waals surface area contributed by atoms with Crippen molar-refractivity contribution in [3.63, 3.8) is 0 Å². The molecular formula is C28H28N8O2. The first kappa shape index (κ1) is 23.9. The smallest absolute Gasteiger partial charge is 0.220 e. The van der Waals surface area contributed by atoms with E-state index in [0.29, 0.717) is 29.7 Å². The number of fused-ring (bicyclic) bond motifs is 2. The second-order valence-corrected chi connectivity index (χ2v) is 9.43. The number of rotatable bonds is 7. The van der Waals surface area contributed by atoms with Gasteiger partial charge in [-0.05, 0) is 35.9 Å². The van der Waals surface area contributed by atoms with Crippen LogP contribution in [0.5, 0.6) is 11.8 Å². The van der Waals surface area contributed by atoms with E-state index in [2.05, 4.69) is 65.3 Å². The molecule has 3 aromatic heterocycles. The Labute approximate surface area is 219 Å². The molecule has 0 atom stereocenters. The van der Waals surface area contributed by atoms with E-state index in [-0.39, 0.29) is 0 Å². The number of hydrogen-bond acceptors (Lipinski definition) is 8. The fourth-order valence-electron chi connectivity index (χ4n) is 5.05. The van der Waals surface area contributed by atoms with Crippen LogP contribution in [-0.4, -0.2) is 75.3 Å². The highest BCUT2D eigenvalue weighted by atomic mass is 16.5. The van der Waals surface area contributed by atoms with Crippen molar-refractivity contribution in [1.82, 2.24) is 34.9 Å². The predicted molar refractivity (Wildman–Crippen MR) is 144 cm³/mol. The minimum absolute atomic E-state index is 0.513. The van der Waals surface area contributed by atoms with Gasteiger partial charge in [-0.15, -0.1) is 0 Å². The molecule has 0 saturated carbocycles. The van der Waals surface area contributed by atoms with E-state index < -0.39 is 0 Å².